The predicted molar refractivity (Wildman–Crippen MR) is 85.8 cm³/mol. The van der Waals surface area contributed by atoms with Crippen molar-refractivity contribution in [2.45, 2.75) is 18.6 Å². The summed E-state index contributed by atoms with van der Waals surface area (Å²) >= 11 is 0. The Morgan fingerprint density at radius 3 is 3.12 bits per heavy atom. The molecular formula is C17H20N4O3. The van der Waals surface area contributed by atoms with Gasteiger partial charge >= 0.3 is 0 Å². The first-order valence-corrected chi connectivity index (χ1v) is 8.15. The number of nitrogens with zero attached hydrogens (tertiary/aromatic N) is 3. The van der Waals surface area contributed by atoms with Gasteiger partial charge in [-0.15, -0.1) is 0 Å². The largest absolute Gasteiger partial charge is 0.384 e. The number of benzene rings is 1. The number of nitrogens with one attached hydrogen (secondary N) is 1. The number of hydrogen-bond donors (Lipinski definition) is 1. The second-order valence-electron chi connectivity index (χ2n) is 6.26. The smallest absolute Gasteiger partial charge is 0.253 e. The summed E-state index contributed by atoms with van der Waals surface area (Å²) in [6, 6.07) is 7.49. The zero-order valence-corrected chi connectivity index (χ0v) is 13.5. The van der Waals surface area contributed by atoms with Gasteiger partial charge in [-0.2, -0.15) is 5.10 Å². The van der Waals surface area contributed by atoms with E-state index < -0.39 is 0 Å². The van der Waals surface area contributed by atoms with Gasteiger partial charge in [0.15, 0.2) is 0 Å². The highest BCUT2D eigenvalue weighted by Gasteiger charge is 2.54. The average Bonchev–Trinajstić information content (AvgIpc) is 3.27. The van der Waals surface area contributed by atoms with Gasteiger partial charge in [-0.1, -0.05) is 12.1 Å². The van der Waals surface area contributed by atoms with Crippen LogP contribution >= 0.6 is 0 Å². The third-order valence-corrected chi connectivity index (χ3v) is 5.00. The Bertz CT molecular complexity index is 718. The van der Waals surface area contributed by atoms with Crippen LogP contribution in [0.1, 0.15) is 16.8 Å². The maximum atomic E-state index is 12.8. The van der Waals surface area contributed by atoms with Crippen molar-refractivity contribution in [3.8, 4) is 5.69 Å². The molecule has 4 atom stereocenters. The third-order valence-electron chi connectivity index (χ3n) is 5.00. The van der Waals surface area contributed by atoms with Crippen LogP contribution in [0.25, 0.3) is 5.69 Å². The van der Waals surface area contributed by atoms with Gasteiger partial charge in [0.25, 0.3) is 5.91 Å². The minimum atomic E-state index is -0.0995. The summed E-state index contributed by atoms with van der Waals surface area (Å²) in [7, 11) is 1.68. The summed E-state index contributed by atoms with van der Waals surface area (Å²) in [6.45, 7) is 1.36. The van der Waals surface area contributed by atoms with Gasteiger partial charge < -0.3 is 14.8 Å². The first-order valence-electron chi connectivity index (χ1n) is 8.15. The van der Waals surface area contributed by atoms with Gasteiger partial charge in [-0.3, -0.25) is 4.79 Å². The number of carbonyl (C=O) groups excluding carboxylic acids is 1. The Morgan fingerprint density at radius 1 is 1.46 bits per heavy atom. The number of amides is 1. The van der Waals surface area contributed by atoms with E-state index in [9.17, 15) is 4.79 Å². The number of rotatable bonds is 5. The molecule has 7 nitrogen and oxygen atoms in total. The molecule has 1 aromatic heterocycles. The van der Waals surface area contributed by atoms with Crippen LogP contribution < -0.4 is 5.32 Å². The lowest BCUT2D eigenvalue weighted by Gasteiger charge is -2.47. The minimum Gasteiger partial charge on any atom is -0.384 e. The quantitative estimate of drug-likeness (QED) is 0.887. The molecule has 126 valence electrons. The second kappa shape index (κ2) is 6.33. The van der Waals surface area contributed by atoms with Crippen LogP contribution in [0.5, 0.6) is 0 Å². The molecule has 0 unspecified atom stereocenters. The fraction of sp³-hybridized carbons (Fsp3) is 0.471. The second-order valence-corrected chi connectivity index (χ2v) is 6.26. The Kier molecular flexibility index (Phi) is 4.03. The van der Waals surface area contributed by atoms with E-state index in [1.807, 2.05) is 18.2 Å². The lowest BCUT2D eigenvalue weighted by molar-refractivity contribution is -0.0809. The fourth-order valence-electron chi connectivity index (χ4n) is 3.86. The summed E-state index contributed by atoms with van der Waals surface area (Å²) in [4.78, 5) is 16.8. The van der Waals surface area contributed by atoms with Crippen molar-refractivity contribution in [1.82, 2.24) is 20.1 Å². The standard InChI is InChI=1S/C17H20N4O3/c1-23-8-13-15(12-6-7-24-16(12)13)20-17(22)11-4-2-3-5-14(11)21-10-18-9-19-21/h2-5,9-10,12-13,15-16H,6-8H2,1H3,(H,20,22)/t12-,13+,15-,16-/m1/s1. The minimum absolute atomic E-state index is 0.0914. The zero-order valence-electron chi connectivity index (χ0n) is 13.5. The summed E-state index contributed by atoms with van der Waals surface area (Å²) in [6.07, 6.45) is 4.24. The zero-order chi connectivity index (χ0) is 16.5. The van der Waals surface area contributed by atoms with Crippen LogP contribution in [0.4, 0.5) is 0 Å². The van der Waals surface area contributed by atoms with Crippen molar-refractivity contribution >= 4 is 5.91 Å². The average molecular weight is 328 g/mol. The Balaban J connectivity index is 1.55. The molecule has 1 saturated carbocycles. The molecule has 2 fully saturated rings. The van der Waals surface area contributed by atoms with Gasteiger partial charge in [0.05, 0.1) is 24.0 Å². The predicted octanol–water partition coefficient (Wildman–Crippen LogP) is 1.05. The number of fused-ring (bicyclic) bond motifs is 1. The molecule has 1 saturated heterocycles. The van der Waals surface area contributed by atoms with E-state index in [2.05, 4.69) is 15.4 Å². The number of methoxy groups -OCH3 is 1. The van der Waals surface area contributed by atoms with Gasteiger partial charge in [0, 0.05) is 31.6 Å². The maximum absolute atomic E-state index is 12.8. The number of hydrogen-bond acceptors (Lipinski definition) is 5. The van der Waals surface area contributed by atoms with Crippen LogP contribution in [-0.2, 0) is 9.47 Å². The van der Waals surface area contributed by atoms with Crippen LogP contribution in [0.3, 0.4) is 0 Å². The van der Waals surface area contributed by atoms with Gasteiger partial charge in [0.1, 0.15) is 12.7 Å². The molecule has 4 rings (SSSR count). The van der Waals surface area contributed by atoms with Gasteiger partial charge in [-0.05, 0) is 18.6 Å². The fourth-order valence-corrected chi connectivity index (χ4v) is 3.86. The van der Waals surface area contributed by atoms with Crippen molar-refractivity contribution < 1.29 is 14.3 Å². The van der Waals surface area contributed by atoms with Gasteiger partial charge in [0.2, 0.25) is 0 Å². The van der Waals surface area contributed by atoms with E-state index in [4.69, 9.17) is 9.47 Å². The molecule has 2 aromatic rings. The molecule has 0 radical (unpaired) electrons. The van der Waals surface area contributed by atoms with E-state index in [-0.39, 0.29) is 24.0 Å². The van der Waals surface area contributed by atoms with Gasteiger partial charge in [-0.25, -0.2) is 9.67 Å². The Morgan fingerprint density at radius 2 is 2.33 bits per heavy atom. The van der Waals surface area contributed by atoms with E-state index >= 15 is 0 Å². The highest BCUT2D eigenvalue weighted by Crippen LogP contribution is 2.43. The van der Waals surface area contributed by atoms with E-state index in [1.165, 1.54) is 6.33 Å². The molecular weight excluding hydrogens is 308 g/mol. The topological polar surface area (TPSA) is 78.3 Å². The Labute approximate surface area is 140 Å². The van der Waals surface area contributed by atoms with Crippen molar-refractivity contribution in [3.63, 3.8) is 0 Å². The van der Waals surface area contributed by atoms with Crippen molar-refractivity contribution in [3.05, 3.63) is 42.5 Å². The van der Waals surface area contributed by atoms with E-state index in [0.717, 1.165) is 13.0 Å². The third kappa shape index (κ3) is 2.50. The highest BCUT2D eigenvalue weighted by atomic mass is 16.5. The molecule has 2 aliphatic rings. The molecule has 1 aliphatic carbocycles. The molecule has 1 aliphatic heterocycles. The summed E-state index contributed by atoms with van der Waals surface area (Å²) < 4.78 is 12.7. The summed E-state index contributed by atoms with van der Waals surface area (Å²) in [5.41, 5.74) is 1.30. The molecule has 2 heterocycles. The van der Waals surface area contributed by atoms with Crippen LogP contribution in [-0.4, -0.2) is 53.1 Å². The number of ether oxygens (including phenoxy) is 2. The van der Waals surface area contributed by atoms with Crippen LogP contribution in [0, 0.1) is 11.8 Å². The summed E-state index contributed by atoms with van der Waals surface area (Å²) in [5, 5.41) is 7.31. The molecule has 24 heavy (non-hydrogen) atoms. The number of aromatic nitrogens is 3. The normalized spacial score (nSPS) is 28.2. The van der Waals surface area contributed by atoms with E-state index in [0.29, 0.717) is 23.8 Å². The van der Waals surface area contributed by atoms with E-state index in [1.54, 1.807) is 24.2 Å². The first kappa shape index (κ1) is 15.3. The highest BCUT2D eigenvalue weighted by molar-refractivity contribution is 5.98. The first-order chi connectivity index (χ1) is 11.8. The van der Waals surface area contributed by atoms with Crippen molar-refractivity contribution in [2.75, 3.05) is 20.3 Å². The monoisotopic (exact) mass is 328 g/mol. The van der Waals surface area contributed by atoms with Crippen molar-refractivity contribution in [1.29, 1.82) is 0 Å². The molecule has 1 amide bonds. The summed E-state index contributed by atoms with van der Waals surface area (Å²) in [5.74, 6) is 0.496. The molecule has 0 bridgehead atoms. The van der Waals surface area contributed by atoms with Crippen molar-refractivity contribution in [2.24, 2.45) is 11.8 Å². The molecule has 0 spiro atoms. The van der Waals surface area contributed by atoms with Crippen LogP contribution in [0.2, 0.25) is 0 Å². The molecule has 1 aromatic carbocycles. The molecule has 1 N–H and O–H groups in total. The Hall–Kier alpha value is -2.25. The number of para-hydroxylation sites is 1. The maximum Gasteiger partial charge on any atom is 0.253 e. The van der Waals surface area contributed by atoms with Crippen LogP contribution in [0.15, 0.2) is 36.9 Å². The molecule has 7 heteroatoms. The lowest BCUT2D eigenvalue weighted by atomic mass is 9.67. The number of carbonyl (C=O) groups is 1. The lowest BCUT2D eigenvalue weighted by Crippen LogP contribution is -2.62. The SMILES string of the molecule is COC[C@H]1[C@H](NC(=O)c2ccccc2-n2cncn2)[C@H]2CCO[C@H]21.